The Kier molecular flexibility index (Phi) is 8.18. The van der Waals surface area contributed by atoms with Gasteiger partial charge < -0.3 is 14.8 Å². The molecule has 0 radical (unpaired) electrons. The number of nitrogens with one attached hydrogen (secondary N) is 1. The van der Waals surface area contributed by atoms with Gasteiger partial charge in [-0.25, -0.2) is 0 Å². The molecule has 0 saturated heterocycles. The average molecular weight is 370 g/mol. The quantitative estimate of drug-likeness (QED) is 0.622. The Labute approximate surface area is 162 Å². The smallest absolute Gasteiger partial charge is 0.261 e. The molecule has 4 nitrogen and oxygen atoms in total. The highest BCUT2D eigenvalue weighted by molar-refractivity contribution is 5.81. The monoisotopic (exact) mass is 369 g/mol. The van der Waals surface area contributed by atoms with Crippen molar-refractivity contribution in [1.82, 2.24) is 5.32 Å². The summed E-state index contributed by atoms with van der Waals surface area (Å²) in [7, 11) is 0. The third-order valence-corrected chi connectivity index (χ3v) is 4.44. The first kappa shape index (κ1) is 20.8. The maximum atomic E-state index is 12.4. The van der Waals surface area contributed by atoms with Crippen LogP contribution in [0.3, 0.4) is 0 Å². The van der Waals surface area contributed by atoms with Gasteiger partial charge in [0.25, 0.3) is 5.91 Å². The number of aryl methyl sites for hydroxylation is 3. The molecule has 2 rings (SSSR count). The molecule has 0 bridgehead atoms. The molecule has 0 fully saturated rings. The average Bonchev–Trinajstić information content (AvgIpc) is 2.66. The fourth-order valence-electron chi connectivity index (χ4n) is 2.94. The Hall–Kier alpha value is -2.49. The van der Waals surface area contributed by atoms with Crippen molar-refractivity contribution in [3.8, 4) is 11.5 Å². The van der Waals surface area contributed by atoms with Crippen LogP contribution in [0.25, 0.3) is 0 Å². The molecule has 0 aliphatic rings. The van der Waals surface area contributed by atoms with Gasteiger partial charge in [-0.15, -0.1) is 0 Å². The molecule has 0 aliphatic heterocycles. The van der Waals surface area contributed by atoms with Crippen molar-refractivity contribution in [3.05, 3.63) is 59.2 Å². The largest absolute Gasteiger partial charge is 0.494 e. The van der Waals surface area contributed by atoms with Crippen LogP contribution in [0.4, 0.5) is 0 Å². The van der Waals surface area contributed by atoms with Crippen LogP contribution >= 0.6 is 0 Å². The molecular formula is C23H31NO3. The van der Waals surface area contributed by atoms with E-state index in [4.69, 9.17) is 9.47 Å². The van der Waals surface area contributed by atoms with Gasteiger partial charge in [-0.2, -0.15) is 0 Å². The van der Waals surface area contributed by atoms with E-state index in [2.05, 4.69) is 23.5 Å². The standard InChI is InChI=1S/C23H31NO3/c1-5-21(27-22-14-9-17(3)16-18(22)4)23(25)24-15-7-8-19-10-12-20(13-11-19)26-6-2/h9-14,16,21H,5-8,15H2,1-4H3,(H,24,25). The summed E-state index contributed by atoms with van der Waals surface area (Å²) in [6.07, 6.45) is 1.98. The number of carbonyl (C=O) groups excluding carboxylic acids is 1. The van der Waals surface area contributed by atoms with Crippen LogP contribution in [0.2, 0.25) is 0 Å². The number of amides is 1. The second-order valence-electron chi connectivity index (χ2n) is 6.76. The lowest BCUT2D eigenvalue weighted by Gasteiger charge is -2.19. The number of hydrogen-bond acceptors (Lipinski definition) is 3. The molecule has 0 aromatic heterocycles. The summed E-state index contributed by atoms with van der Waals surface area (Å²) in [4.78, 5) is 12.4. The molecule has 0 spiro atoms. The zero-order valence-corrected chi connectivity index (χ0v) is 16.9. The van der Waals surface area contributed by atoms with Crippen molar-refractivity contribution >= 4 is 5.91 Å². The zero-order chi connectivity index (χ0) is 19.6. The first-order chi connectivity index (χ1) is 13.0. The number of ether oxygens (including phenoxy) is 2. The van der Waals surface area contributed by atoms with E-state index in [-0.39, 0.29) is 5.91 Å². The van der Waals surface area contributed by atoms with E-state index in [1.54, 1.807) is 0 Å². The molecule has 1 atom stereocenters. The van der Waals surface area contributed by atoms with Gasteiger partial charge >= 0.3 is 0 Å². The van der Waals surface area contributed by atoms with Crippen molar-refractivity contribution < 1.29 is 14.3 Å². The molecule has 2 aromatic carbocycles. The topological polar surface area (TPSA) is 47.6 Å². The third kappa shape index (κ3) is 6.63. The number of benzene rings is 2. The summed E-state index contributed by atoms with van der Waals surface area (Å²) in [5, 5.41) is 3.00. The van der Waals surface area contributed by atoms with Crippen molar-refractivity contribution in [2.45, 2.75) is 53.1 Å². The summed E-state index contributed by atoms with van der Waals surface area (Å²) in [6.45, 7) is 9.31. The maximum absolute atomic E-state index is 12.4. The Morgan fingerprint density at radius 3 is 2.44 bits per heavy atom. The number of carbonyl (C=O) groups is 1. The van der Waals surface area contributed by atoms with Gasteiger partial charge in [0.05, 0.1) is 6.61 Å². The van der Waals surface area contributed by atoms with E-state index < -0.39 is 6.10 Å². The lowest BCUT2D eigenvalue weighted by atomic mass is 10.1. The minimum absolute atomic E-state index is 0.0517. The fraction of sp³-hybridized carbons (Fsp3) is 0.435. The van der Waals surface area contributed by atoms with Crippen LogP contribution in [-0.2, 0) is 11.2 Å². The first-order valence-corrected chi connectivity index (χ1v) is 9.76. The molecule has 0 aliphatic carbocycles. The SMILES string of the molecule is CCOc1ccc(CCCNC(=O)C(CC)Oc2ccc(C)cc2C)cc1. The Morgan fingerprint density at radius 1 is 1.07 bits per heavy atom. The van der Waals surface area contributed by atoms with Crippen LogP contribution in [0.1, 0.15) is 43.4 Å². The summed E-state index contributed by atoms with van der Waals surface area (Å²) in [6, 6.07) is 14.1. The molecule has 0 heterocycles. The molecule has 146 valence electrons. The van der Waals surface area contributed by atoms with Gasteiger partial charge in [-0.05, 0) is 69.4 Å². The second-order valence-corrected chi connectivity index (χ2v) is 6.76. The predicted octanol–water partition coefficient (Wildman–Crippen LogP) is 4.61. The van der Waals surface area contributed by atoms with E-state index in [1.807, 2.05) is 52.0 Å². The highest BCUT2D eigenvalue weighted by Crippen LogP contribution is 2.21. The van der Waals surface area contributed by atoms with Crippen LogP contribution in [-0.4, -0.2) is 25.2 Å². The summed E-state index contributed by atoms with van der Waals surface area (Å²) in [5.41, 5.74) is 3.48. The highest BCUT2D eigenvalue weighted by atomic mass is 16.5. The predicted molar refractivity (Wildman–Crippen MR) is 110 cm³/mol. The van der Waals surface area contributed by atoms with Gasteiger partial charge in [0.1, 0.15) is 11.5 Å². The van der Waals surface area contributed by atoms with Gasteiger partial charge in [0.2, 0.25) is 0 Å². The van der Waals surface area contributed by atoms with E-state index in [0.717, 1.165) is 29.9 Å². The van der Waals surface area contributed by atoms with E-state index in [1.165, 1.54) is 11.1 Å². The first-order valence-electron chi connectivity index (χ1n) is 9.76. The highest BCUT2D eigenvalue weighted by Gasteiger charge is 2.18. The molecule has 1 N–H and O–H groups in total. The minimum Gasteiger partial charge on any atom is -0.494 e. The van der Waals surface area contributed by atoms with Crippen LogP contribution in [0.15, 0.2) is 42.5 Å². The Balaban J connectivity index is 1.77. The normalized spacial score (nSPS) is 11.7. The zero-order valence-electron chi connectivity index (χ0n) is 16.9. The molecule has 27 heavy (non-hydrogen) atoms. The number of rotatable bonds is 10. The summed E-state index contributed by atoms with van der Waals surface area (Å²) < 4.78 is 11.4. The van der Waals surface area contributed by atoms with E-state index in [0.29, 0.717) is 19.6 Å². The molecule has 2 aromatic rings. The van der Waals surface area contributed by atoms with E-state index >= 15 is 0 Å². The fourth-order valence-corrected chi connectivity index (χ4v) is 2.94. The maximum Gasteiger partial charge on any atom is 0.261 e. The van der Waals surface area contributed by atoms with Crippen molar-refractivity contribution in [1.29, 1.82) is 0 Å². The van der Waals surface area contributed by atoms with E-state index in [9.17, 15) is 4.79 Å². The van der Waals surface area contributed by atoms with Gasteiger partial charge in [0, 0.05) is 6.54 Å². The third-order valence-electron chi connectivity index (χ3n) is 4.44. The van der Waals surface area contributed by atoms with Crippen molar-refractivity contribution in [2.24, 2.45) is 0 Å². The van der Waals surface area contributed by atoms with Gasteiger partial charge in [-0.1, -0.05) is 36.8 Å². The molecule has 0 saturated carbocycles. The molecular weight excluding hydrogens is 338 g/mol. The molecule has 1 amide bonds. The number of hydrogen-bond donors (Lipinski definition) is 1. The summed E-state index contributed by atoms with van der Waals surface area (Å²) >= 11 is 0. The second kappa shape index (κ2) is 10.6. The summed E-state index contributed by atoms with van der Waals surface area (Å²) in [5.74, 6) is 1.62. The van der Waals surface area contributed by atoms with Gasteiger partial charge in [0.15, 0.2) is 6.10 Å². The molecule has 1 unspecified atom stereocenters. The van der Waals surface area contributed by atoms with Gasteiger partial charge in [-0.3, -0.25) is 4.79 Å². The van der Waals surface area contributed by atoms with Crippen molar-refractivity contribution in [2.75, 3.05) is 13.2 Å². The molecule has 4 heteroatoms. The lowest BCUT2D eigenvalue weighted by Crippen LogP contribution is -2.38. The van der Waals surface area contributed by atoms with Crippen LogP contribution in [0.5, 0.6) is 11.5 Å². The Morgan fingerprint density at radius 2 is 1.81 bits per heavy atom. The Bertz CT molecular complexity index is 725. The lowest BCUT2D eigenvalue weighted by molar-refractivity contribution is -0.128. The van der Waals surface area contributed by atoms with Crippen LogP contribution in [0, 0.1) is 13.8 Å². The minimum atomic E-state index is -0.461. The van der Waals surface area contributed by atoms with Crippen molar-refractivity contribution in [3.63, 3.8) is 0 Å². The van der Waals surface area contributed by atoms with Crippen LogP contribution < -0.4 is 14.8 Å².